The minimum atomic E-state index is -5.01. The Morgan fingerprint density at radius 1 is 1.10 bits per heavy atom. The van der Waals surface area contributed by atoms with Crippen molar-refractivity contribution in [2.24, 2.45) is 0 Å². The van der Waals surface area contributed by atoms with Gasteiger partial charge >= 0.3 is 12.1 Å². The zero-order chi connectivity index (χ0) is 23.0. The van der Waals surface area contributed by atoms with E-state index in [0.717, 1.165) is 0 Å². The summed E-state index contributed by atoms with van der Waals surface area (Å²) in [5, 5.41) is 1.71. The van der Waals surface area contributed by atoms with Gasteiger partial charge in [-0.15, -0.1) is 0 Å². The molecule has 0 spiro atoms. The number of ether oxygens (including phenoxy) is 1. The maximum absolute atomic E-state index is 12.9. The summed E-state index contributed by atoms with van der Waals surface area (Å²) in [7, 11) is 0. The highest BCUT2D eigenvalue weighted by molar-refractivity contribution is 6.32. The fourth-order valence-corrected chi connectivity index (χ4v) is 2.68. The van der Waals surface area contributed by atoms with E-state index >= 15 is 0 Å². The van der Waals surface area contributed by atoms with Gasteiger partial charge in [0.1, 0.15) is 18.2 Å². The van der Waals surface area contributed by atoms with E-state index in [-0.39, 0.29) is 53.5 Å². The second-order valence-electron chi connectivity index (χ2n) is 6.43. The highest BCUT2D eigenvalue weighted by Gasteiger charge is 2.38. The minimum Gasteiger partial charge on any atom is -0.488 e. The lowest BCUT2D eigenvalue weighted by Gasteiger charge is -2.12. The van der Waals surface area contributed by atoms with Crippen molar-refractivity contribution in [1.82, 2.24) is 5.32 Å². The lowest BCUT2D eigenvalue weighted by atomic mass is 10.0. The Labute approximate surface area is 179 Å². The molecule has 0 heterocycles. The Morgan fingerprint density at radius 3 is 2.35 bits per heavy atom. The molecule has 1 N–H and O–H groups in total. The molecule has 0 aliphatic rings. The van der Waals surface area contributed by atoms with Crippen LogP contribution in [0.2, 0.25) is 5.02 Å². The normalized spacial score (nSPS) is 11.9. The molecule has 0 aliphatic heterocycles. The van der Waals surface area contributed by atoms with E-state index in [9.17, 15) is 31.5 Å². The maximum atomic E-state index is 12.9. The van der Waals surface area contributed by atoms with Crippen LogP contribution in [0.5, 0.6) is 5.75 Å². The van der Waals surface area contributed by atoms with E-state index in [0.29, 0.717) is 5.56 Å². The van der Waals surface area contributed by atoms with E-state index in [2.05, 4.69) is 0 Å². The number of nitrogens with one attached hydrogen (secondary N) is 1. The molecule has 0 bridgehead atoms. The van der Waals surface area contributed by atoms with E-state index in [4.69, 9.17) is 16.3 Å². The molecule has 10 heteroatoms. The molecule has 2 aromatic carbocycles. The third-order valence-corrected chi connectivity index (χ3v) is 4.38. The summed E-state index contributed by atoms with van der Waals surface area (Å²) in [6.45, 7) is -0.747. The van der Waals surface area contributed by atoms with E-state index in [1.807, 2.05) is 0 Å². The fourth-order valence-electron chi connectivity index (χ4n) is 2.45. The smallest absolute Gasteiger partial charge is 0.471 e. The van der Waals surface area contributed by atoms with Crippen LogP contribution in [0.4, 0.5) is 22.0 Å². The molecule has 4 nitrogen and oxygen atoms in total. The summed E-state index contributed by atoms with van der Waals surface area (Å²) in [4.78, 5) is 23.1. The molecule has 0 saturated carbocycles. The number of alkyl halides is 3. The third-order valence-electron chi connectivity index (χ3n) is 4.09. The van der Waals surface area contributed by atoms with Gasteiger partial charge in [-0.3, -0.25) is 9.59 Å². The summed E-state index contributed by atoms with van der Waals surface area (Å²) >= 11 is 6.10. The molecule has 2 rings (SSSR count). The molecule has 0 aliphatic carbocycles. The third kappa shape index (κ3) is 7.67. The van der Waals surface area contributed by atoms with Crippen LogP contribution in [-0.2, 0) is 11.2 Å². The minimum absolute atomic E-state index is 0.00463. The molecule has 1 amide bonds. The van der Waals surface area contributed by atoms with Crippen molar-refractivity contribution in [3.05, 3.63) is 76.3 Å². The van der Waals surface area contributed by atoms with Crippen LogP contribution in [0, 0.1) is 5.82 Å². The molecule has 166 valence electrons. The van der Waals surface area contributed by atoms with Gasteiger partial charge in [-0.05, 0) is 47.9 Å². The van der Waals surface area contributed by atoms with Crippen molar-refractivity contribution in [2.75, 3.05) is 13.2 Å². The van der Waals surface area contributed by atoms with Gasteiger partial charge in [0.15, 0.2) is 5.78 Å². The van der Waals surface area contributed by atoms with Gasteiger partial charge in [-0.1, -0.05) is 23.7 Å². The first-order valence-electron chi connectivity index (χ1n) is 8.93. The maximum Gasteiger partial charge on any atom is 0.471 e. The van der Waals surface area contributed by atoms with Crippen LogP contribution in [0.15, 0.2) is 54.4 Å². The van der Waals surface area contributed by atoms with Crippen molar-refractivity contribution in [3.8, 4) is 5.75 Å². The van der Waals surface area contributed by atoms with Gasteiger partial charge in [-0.25, -0.2) is 8.78 Å². The number of hydrogen-bond acceptors (Lipinski definition) is 3. The summed E-state index contributed by atoms with van der Waals surface area (Å²) in [6, 6.07) is 9.71. The topological polar surface area (TPSA) is 55.4 Å². The molecular formula is C21H17ClF5NO3. The first kappa shape index (κ1) is 24.3. The zero-order valence-electron chi connectivity index (χ0n) is 15.9. The molecule has 0 fully saturated rings. The number of halogens is 6. The number of Topliss-reactive ketones (excluding diaryl/α,β-unsaturated/α-hetero) is 1. The lowest BCUT2D eigenvalue weighted by Crippen LogP contribution is -2.37. The van der Waals surface area contributed by atoms with Crippen LogP contribution < -0.4 is 10.1 Å². The monoisotopic (exact) mass is 461 g/mol. The van der Waals surface area contributed by atoms with Crippen molar-refractivity contribution >= 4 is 23.3 Å². The number of rotatable bonds is 9. The van der Waals surface area contributed by atoms with Crippen molar-refractivity contribution < 1.29 is 36.3 Å². The van der Waals surface area contributed by atoms with E-state index in [1.54, 1.807) is 5.32 Å². The molecule has 0 saturated heterocycles. The Bertz CT molecular complexity index is 958. The average Bonchev–Trinajstić information content (AvgIpc) is 2.72. The average molecular weight is 462 g/mol. The fraction of sp³-hybridized carbons (Fsp3) is 0.238. The predicted octanol–water partition coefficient (Wildman–Crippen LogP) is 5.21. The van der Waals surface area contributed by atoms with E-state index in [1.165, 1.54) is 42.5 Å². The van der Waals surface area contributed by atoms with Crippen LogP contribution in [-0.4, -0.2) is 31.0 Å². The summed E-state index contributed by atoms with van der Waals surface area (Å²) < 4.78 is 67.6. The van der Waals surface area contributed by atoms with Crippen LogP contribution in [0.3, 0.4) is 0 Å². The quantitative estimate of drug-likeness (QED) is 0.412. The number of amides is 1. The SMILES string of the molecule is O=C(Cc1ccc(F)cc1)c1ccc(OC/C(=C/F)CCNC(=O)C(F)(F)F)c(Cl)c1. The predicted molar refractivity (Wildman–Crippen MR) is 104 cm³/mol. The number of ketones is 1. The Kier molecular flexibility index (Phi) is 8.56. The Balaban J connectivity index is 1.90. The molecule has 0 aromatic heterocycles. The molecule has 2 aromatic rings. The zero-order valence-corrected chi connectivity index (χ0v) is 16.7. The second-order valence-corrected chi connectivity index (χ2v) is 6.84. The van der Waals surface area contributed by atoms with Crippen LogP contribution >= 0.6 is 11.6 Å². The highest BCUT2D eigenvalue weighted by Crippen LogP contribution is 2.27. The summed E-state index contributed by atoms with van der Waals surface area (Å²) in [5.74, 6) is -2.65. The van der Waals surface area contributed by atoms with Gasteiger partial charge in [0, 0.05) is 18.5 Å². The second kappa shape index (κ2) is 10.9. The van der Waals surface area contributed by atoms with E-state index < -0.39 is 24.4 Å². The van der Waals surface area contributed by atoms with Gasteiger partial charge in [0.05, 0.1) is 11.4 Å². The largest absolute Gasteiger partial charge is 0.488 e. The summed E-state index contributed by atoms with van der Waals surface area (Å²) in [5.41, 5.74) is 0.908. The van der Waals surface area contributed by atoms with Gasteiger partial charge < -0.3 is 10.1 Å². The first-order valence-corrected chi connectivity index (χ1v) is 9.31. The standard InChI is InChI=1S/C21H17ClF5NO3/c22-17-10-15(18(29)9-13-1-4-16(24)5-2-13)3-6-19(17)31-12-14(11-23)7-8-28-20(30)21(25,26)27/h1-6,10-11H,7-9,12H2,(H,28,30)/b14-11+. The van der Waals surface area contributed by atoms with Crippen LogP contribution in [0.25, 0.3) is 0 Å². The Morgan fingerprint density at radius 2 is 1.77 bits per heavy atom. The van der Waals surface area contributed by atoms with Crippen molar-refractivity contribution in [2.45, 2.75) is 19.0 Å². The van der Waals surface area contributed by atoms with Crippen molar-refractivity contribution in [3.63, 3.8) is 0 Å². The number of carbonyl (C=O) groups excluding carboxylic acids is 2. The number of carbonyl (C=O) groups is 2. The number of hydrogen-bond donors (Lipinski definition) is 1. The molecular weight excluding hydrogens is 445 g/mol. The highest BCUT2D eigenvalue weighted by atomic mass is 35.5. The van der Waals surface area contributed by atoms with Gasteiger partial charge in [0.2, 0.25) is 0 Å². The Hall–Kier alpha value is -2.94. The lowest BCUT2D eigenvalue weighted by molar-refractivity contribution is -0.173. The molecule has 0 atom stereocenters. The summed E-state index contributed by atoms with van der Waals surface area (Å²) in [6.07, 6.45) is -5.01. The van der Waals surface area contributed by atoms with Gasteiger partial charge in [0.25, 0.3) is 0 Å². The number of benzene rings is 2. The van der Waals surface area contributed by atoms with Gasteiger partial charge in [-0.2, -0.15) is 13.2 Å². The first-order chi connectivity index (χ1) is 14.6. The molecule has 0 unspecified atom stereocenters. The van der Waals surface area contributed by atoms with Crippen molar-refractivity contribution in [1.29, 1.82) is 0 Å². The molecule has 31 heavy (non-hydrogen) atoms. The molecule has 0 radical (unpaired) electrons. The van der Waals surface area contributed by atoms with Crippen LogP contribution in [0.1, 0.15) is 22.3 Å².